The van der Waals surface area contributed by atoms with Crippen molar-refractivity contribution in [3.63, 3.8) is 0 Å². The van der Waals surface area contributed by atoms with Crippen molar-refractivity contribution in [2.24, 2.45) is 11.1 Å². The molecule has 4 atom stereocenters. The number of carbonyl (C=O) groups is 3. The summed E-state index contributed by atoms with van der Waals surface area (Å²) in [6, 6.07) is 10.9. The van der Waals surface area contributed by atoms with Gasteiger partial charge in [0, 0.05) is 63.6 Å². The van der Waals surface area contributed by atoms with E-state index in [4.69, 9.17) is 15.9 Å². The zero-order chi connectivity index (χ0) is 33.1. The fourth-order valence-corrected chi connectivity index (χ4v) is 8.33. The number of benzene rings is 2. The van der Waals surface area contributed by atoms with Crippen LogP contribution in [-0.4, -0.2) is 84.8 Å². The third-order valence-electron chi connectivity index (χ3n) is 9.94. The highest BCUT2D eigenvalue weighted by Crippen LogP contribution is 2.60. The second kappa shape index (κ2) is 11.8. The first-order valence-electron chi connectivity index (χ1n) is 15.7. The average Bonchev–Trinajstić information content (AvgIpc) is 3.35. The summed E-state index contributed by atoms with van der Waals surface area (Å²) in [7, 11) is 0. The number of nitrogens with one attached hydrogen (secondary N) is 3. The number of piperidine rings is 1. The zero-order valence-electron chi connectivity index (χ0n) is 25.9. The minimum Gasteiger partial charge on any atom is -0.384 e. The Morgan fingerprint density at radius 3 is 2.55 bits per heavy atom. The molecule has 10 nitrogen and oxygen atoms in total. The number of thiophene rings is 1. The van der Waals surface area contributed by atoms with Crippen LogP contribution in [-0.2, 0) is 20.2 Å². The molecule has 0 spiro atoms. The summed E-state index contributed by atoms with van der Waals surface area (Å²) in [6.45, 7) is 5.15. The van der Waals surface area contributed by atoms with E-state index in [0.717, 1.165) is 30.9 Å². The van der Waals surface area contributed by atoms with E-state index in [2.05, 4.69) is 15.5 Å². The highest BCUT2D eigenvalue weighted by Gasteiger charge is 2.67. The van der Waals surface area contributed by atoms with Gasteiger partial charge in [-0.15, -0.1) is 11.3 Å². The number of alkyl halides is 2. The first-order valence-corrected chi connectivity index (χ1v) is 16.6. The average molecular weight is 663 g/mol. The molecule has 7 rings (SSSR count). The maximum atomic E-state index is 15.0. The Hall–Kier alpha value is -4.20. The minimum atomic E-state index is -3.16. The van der Waals surface area contributed by atoms with Crippen LogP contribution in [0.4, 0.5) is 8.78 Å². The van der Waals surface area contributed by atoms with Gasteiger partial charge in [-0.3, -0.25) is 24.7 Å². The monoisotopic (exact) mass is 662 g/mol. The summed E-state index contributed by atoms with van der Waals surface area (Å²) in [5, 5.41) is 15.2. The Labute approximate surface area is 274 Å². The van der Waals surface area contributed by atoms with Crippen molar-refractivity contribution in [3.05, 3.63) is 81.0 Å². The number of fused-ring (bicyclic) bond motifs is 4. The summed E-state index contributed by atoms with van der Waals surface area (Å²) < 4.78 is 35.5. The van der Waals surface area contributed by atoms with Crippen LogP contribution in [0.5, 0.6) is 0 Å². The number of amides is 3. The second-order valence-corrected chi connectivity index (χ2v) is 13.9. The summed E-state index contributed by atoms with van der Waals surface area (Å²) in [5.41, 5.74) is 6.58. The molecule has 2 saturated heterocycles. The number of hydrogen-bond donors (Lipinski definition) is 4. The molecular formula is C34H36F2N6O4S. The van der Waals surface area contributed by atoms with Crippen LogP contribution in [0, 0.1) is 10.8 Å². The molecule has 13 heteroatoms. The lowest BCUT2D eigenvalue weighted by molar-refractivity contribution is -0.139. The van der Waals surface area contributed by atoms with E-state index in [0.29, 0.717) is 36.3 Å². The molecule has 3 fully saturated rings. The van der Waals surface area contributed by atoms with Gasteiger partial charge in [-0.2, -0.15) is 8.78 Å². The molecule has 2 aromatic carbocycles. The van der Waals surface area contributed by atoms with Gasteiger partial charge in [-0.1, -0.05) is 30.3 Å². The molecule has 47 heavy (non-hydrogen) atoms. The number of hydrogen-bond acceptors (Lipinski definition) is 7. The van der Waals surface area contributed by atoms with E-state index in [1.165, 1.54) is 35.6 Å². The van der Waals surface area contributed by atoms with Crippen molar-refractivity contribution in [2.45, 2.75) is 43.8 Å². The van der Waals surface area contributed by atoms with Gasteiger partial charge < -0.3 is 26.0 Å². The largest absolute Gasteiger partial charge is 0.384 e. The molecule has 2 aliphatic carbocycles. The molecule has 0 radical (unpaired) electrons. The lowest BCUT2D eigenvalue weighted by Crippen LogP contribution is -2.51. The first kappa shape index (κ1) is 31.4. The summed E-state index contributed by atoms with van der Waals surface area (Å²) in [4.78, 5) is 45.6. The molecule has 246 valence electrons. The molecule has 2 aliphatic heterocycles. The Kier molecular flexibility index (Phi) is 7.88. The SMILES string of the molecule is C[C@@H](NC(=O)C1CC2(CN3CCOCC3)CC2N1C(=O)CNC(=O)c1ccc2c(c1)-c1ccccc1C2(F)F)c1cc(C(=N)N)cs1. The Bertz CT molecular complexity index is 1770. The Balaban J connectivity index is 1.06. The van der Waals surface area contributed by atoms with Crippen molar-refractivity contribution in [2.75, 3.05) is 39.4 Å². The minimum absolute atomic E-state index is 0.0478. The standard InChI is InChI=1S/C34H36F2N6O4S/c1-19(27-13-21(17-47-27)30(37)38)40-32(45)26-14-33(18-41-8-10-46-11-9-41)15-28(33)42(26)29(43)16-39-31(44)20-6-7-25-23(12-20)22-4-2-3-5-24(22)34(25,35)36/h2-7,12-13,17,19,26,28H,8-11,14-16,18H2,1H3,(H3,37,38)(H,39,44)(H,40,45)/t19-,26?,28?,33?/m1/s1. The third-order valence-corrected chi connectivity index (χ3v) is 11.1. The normalized spacial score (nSPS) is 24.5. The van der Waals surface area contributed by atoms with E-state index in [1.54, 1.807) is 34.5 Å². The number of ether oxygens (including phenoxy) is 1. The van der Waals surface area contributed by atoms with E-state index in [1.807, 2.05) is 6.92 Å². The molecule has 1 aromatic heterocycles. The fraction of sp³-hybridized carbons (Fsp3) is 0.412. The van der Waals surface area contributed by atoms with Gasteiger partial charge in [-0.25, -0.2) is 0 Å². The number of morpholine rings is 1. The molecule has 1 saturated carbocycles. The number of halogens is 2. The van der Waals surface area contributed by atoms with Crippen LogP contribution in [0.15, 0.2) is 53.9 Å². The predicted molar refractivity (Wildman–Crippen MR) is 172 cm³/mol. The number of likely N-dealkylation sites (tertiary alicyclic amines) is 1. The van der Waals surface area contributed by atoms with E-state index in [-0.39, 0.29) is 58.4 Å². The fourth-order valence-electron chi connectivity index (χ4n) is 7.42. The highest BCUT2D eigenvalue weighted by molar-refractivity contribution is 7.10. The Morgan fingerprint density at radius 2 is 1.81 bits per heavy atom. The van der Waals surface area contributed by atoms with Crippen LogP contribution in [0.3, 0.4) is 0 Å². The number of carbonyl (C=O) groups excluding carboxylic acids is 3. The Morgan fingerprint density at radius 1 is 1.06 bits per heavy atom. The quantitative estimate of drug-likeness (QED) is 0.205. The van der Waals surface area contributed by atoms with Crippen molar-refractivity contribution in [3.8, 4) is 11.1 Å². The maximum absolute atomic E-state index is 15.0. The van der Waals surface area contributed by atoms with Gasteiger partial charge in [0.05, 0.1) is 25.8 Å². The van der Waals surface area contributed by atoms with Crippen molar-refractivity contribution < 1.29 is 27.9 Å². The van der Waals surface area contributed by atoms with Gasteiger partial charge in [0.25, 0.3) is 11.8 Å². The molecule has 3 unspecified atom stereocenters. The number of nitrogen functional groups attached to an aromatic ring is 1. The van der Waals surface area contributed by atoms with E-state index in [9.17, 15) is 14.4 Å². The van der Waals surface area contributed by atoms with Crippen molar-refractivity contribution in [1.29, 1.82) is 5.41 Å². The molecule has 5 N–H and O–H groups in total. The summed E-state index contributed by atoms with van der Waals surface area (Å²) in [5.74, 6) is -4.41. The number of amidine groups is 1. The van der Waals surface area contributed by atoms with Crippen LogP contribution in [0.1, 0.15) is 57.7 Å². The van der Waals surface area contributed by atoms with Crippen molar-refractivity contribution >= 4 is 34.9 Å². The van der Waals surface area contributed by atoms with Gasteiger partial charge in [0.2, 0.25) is 11.8 Å². The predicted octanol–water partition coefficient (Wildman–Crippen LogP) is 3.45. The van der Waals surface area contributed by atoms with Crippen LogP contribution in [0.25, 0.3) is 11.1 Å². The number of nitrogens with two attached hydrogens (primary N) is 1. The maximum Gasteiger partial charge on any atom is 0.299 e. The number of rotatable bonds is 9. The van der Waals surface area contributed by atoms with Crippen LogP contribution >= 0.6 is 11.3 Å². The second-order valence-electron chi connectivity index (χ2n) is 12.9. The molecular weight excluding hydrogens is 626 g/mol. The topological polar surface area (TPSA) is 141 Å². The molecule has 3 heterocycles. The molecule has 3 aromatic rings. The molecule has 0 bridgehead atoms. The van der Waals surface area contributed by atoms with Gasteiger partial charge in [0.1, 0.15) is 11.9 Å². The van der Waals surface area contributed by atoms with E-state index >= 15 is 8.78 Å². The lowest BCUT2D eigenvalue weighted by Gasteiger charge is -2.30. The third kappa shape index (κ3) is 5.59. The lowest BCUT2D eigenvalue weighted by atomic mass is 9.97. The van der Waals surface area contributed by atoms with Gasteiger partial charge >= 0.3 is 0 Å². The van der Waals surface area contributed by atoms with Gasteiger partial charge in [-0.05, 0) is 49.1 Å². The molecule has 4 aliphatic rings. The smallest absolute Gasteiger partial charge is 0.299 e. The zero-order valence-corrected chi connectivity index (χ0v) is 26.7. The highest BCUT2D eigenvalue weighted by atomic mass is 32.1. The van der Waals surface area contributed by atoms with E-state index < -0.39 is 17.9 Å². The van der Waals surface area contributed by atoms with Crippen LogP contribution < -0.4 is 16.4 Å². The first-order chi connectivity index (χ1) is 22.5. The van der Waals surface area contributed by atoms with Gasteiger partial charge in [0.15, 0.2) is 0 Å². The molecule has 3 amide bonds. The van der Waals surface area contributed by atoms with Crippen LogP contribution in [0.2, 0.25) is 0 Å². The summed E-state index contributed by atoms with van der Waals surface area (Å²) in [6.07, 6.45) is 1.28. The summed E-state index contributed by atoms with van der Waals surface area (Å²) >= 11 is 1.40. The van der Waals surface area contributed by atoms with Crippen molar-refractivity contribution in [1.82, 2.24) is 20.4 Å². The number of nitrogens with zero attached hydrogens (tertiary/aromatic N) is 2.